The van der Waals surface area contributed by atoms with E-state index in [1.807, 2.05) is 0 Å². The van der Waals surface area contributed by atoms with Gasteiger partial charge < -0.3 is 0 Å². The van der Waals surface area contributed by atoms with Gasteiger partial charge in [0.15, 0.2) is 5.43 Å². The van der Waals surface area contributed by atoms with E-state index in [4.69, 9.17) is 0 Å². The van der Waals surface area contributed by atoms with Crippen LogP contribution in [0.3, 0.4) is 0 Å². The molecule has 0 radical (unpaired) electrons. The highest BCUT2D eigenvalue weighted by molar-refractivity contribution is 6.03. The first-order valence-corrected chi connectivity index (χ1v) is 6.26. The van der Waals surface area contributed by atoms with Gasteiger partial charge in [-0.2, -0.15) is 0 Å². The smallest absolute Gasteiger partial charge is 0.195 e. The highest BCUT2D eigenvalue weighted by Crippen LogP contribution is 2.31. The maximum atomic E-state index is 11.7. The molecule has 0 saturated carbocycles. The molecule has 2 rings (SSSR count). The number of aryl methyl sites for hydroxylation is 2. The Kier molecular flexibility index (Phi) is 2.88. The Hall–Kier alpha value is -1.11. The van der Waals surface area contributed by atoms with Crippen LogP contribution >= 0.6 is 0 Å². The summed E-state index contributed by atoms with van der Waals surface area (Å²) in [5, 5.41) is 2.08. The summed E-state index contributed by atoms with van der Waals surface area (Å²) in [6.45, 7) is 8.58. The van der Waals surface area contributed by atoms with Crippen LogP contribution in [0.2, 0.25) is 0 Å². The van der Waals surface area contributed by atoms with Crippen LogP contribution in [0.1, 0.15) is 48.4 Å². The van der Waals surface area contributed by atoms with Gasteiger partial charge in [0.05, 0.1) is 0 Å². The van der Waals surface area contributed by atoms with Gasteiger partial charge in [0, 0.05) is 10.8 Å². The molecule has 0 amide bonds. The molecule has 0 aliphatic heterocycles. The van der Waals surface area contributed by atoms with Gasteiger partial charge in [0.25, 0.3) is 0 Å². The van der Waals surface area contributed by atoms with E-state index in [9.17, 15) is 4.79 Å². The van der Waals surface area contributed by atoms with Gasteiger partial charge in [-0.15, -0.1) is 0 Å². The lowest BCUT2D eigenvalue weighted by molar-refractivity contribution is 0.717. The highest BCUT2D eigenvalue weighted by atomic mass is 16.1. The summed E-state index contributed by atoms with van der Waals surface area (Å²) in [6.07, 6.45) is 4.78. The number of unbranched alkanes of at least 4 members (excludes halogenated alkanes) is 2. The minimum atomic E-state index is 0.306. The number of benzene rings is 1. The molecule has 0 N–H and O–H groups in total. The van der Waals surface area contributed by atoms with Crippen molar-refractivity contribution in [1.82, 2.24) is 0 Å². The summed E-state index contributed by atoms with van der Waals surface area (Å²) in [4.78, 5) is 11.7. The Labute approximate surface area is 97.2 Å². The lowest BCUT2D eigenvalue weighted by Gasteiger charge is -2.09. The predicted molar refractivity (Wildman–Crippen MR) is 70.0 cm³/mol. The van der Waals surface area contributed by atoms with Crippen molar-refractivity contribution in [2.45, 2.75) is 53.4 Å². The molecule has 1 nitrogen and oxygen atoms in total. The fourth-order valence-electron chi connectivity index (χ4n) is 2.56. The molecule has 0 aliphatic rings. The van der Waals surface area contributed by atoms with Crippen molar-refractivity contribution in [3.05, 3.63) is 32.5 Å². The minimum Gasteiger partial charge on any atom is -0.289 e. The van der Waals surface area contributed by atoms with Gasteiger partial charge in [0.2, 0.25) is 0 Å². The van der Waals surface area contributed by atoms with Crippen LogP contribution < -0.4 is 5.43 Å². The van der Waals surface area contributed by atoms with Crippen LogP contribution in [0.15, 0.2) is 4.79 Å². The SMILES string of the molecule is CCCCCc1c(C)c(C)c(C)c2c(=O)c12. The largest absolute Gasteiger partial charge is 0.289 e. The molecular formula is C15H20O. The van der Waals surface area contributed by atoms with Gasteiger partial charge in [-0.1, -0.05) is 19.8 Å². The molecule has 0 bridgehead atoms. The van der Waals surface area contributed by atoms with E-state index in [1.54, 1.807) is 0 Å². The molecule has 0 atom stereocenters. The Bertz CT molecular complexity index is 539. The molecule has 1 heteroatoms. The van der Waals surface area contributed by atoms with Crippen molar-refractivity contribution in [2.24, 2.45) is 0 Å². The van der Waals surface area contributed by atoms with Crippen molar-refractivity contribution in [3.63, 3.8) is 0 Å². The first kappa shape index (κ1) is 11.4. The van der Waals surface area contributed by atoms with Crippen LogP contribution in [-0.2, 0) is 6.42 Å². The van der Waals surface area contributed by atoms with Gasteiger partial charge >= 0.3 is 0 Å². The average Bonchev–Trinajstić information content (AvgIpc) is 2.92. The monoisotopic (exact) mass is 216 g/mol. The van der Waals surface area contributed by atoms with E-state index < -0.39 is 0 Å². The van der Waals surface area contributed by atoms with Crippen molar-refractivity contribution in [3.8, 4) is 0 Å². The van der Waals surface area contributed by atoms with Crippen LogP contribution in [0, 0.1) is 20.8 Å². The van der Waals surface area contributed by atoms with E-state index in [-0.39, 0.29) is 0 Å². The standard InChI is InChI=1S/C15H20O/c1-5-6-7-8-12-10(3)9(2)11(4)13-14(12)15(13)16/h5-8H2,1-4H3. The summed E-state index contributed by atoms with van der Waals surface area (Å²) in [6, 6.07) is 0. The van der Waals surface area contributed by atoms with E-state index in [0.29, 0.717) is 5.43 Å². The van der Waals surface area contributed by atoms with Crippen LogP contribution in [0.5, 0.6) is 0 Å². The second-order valence-corrected chi connectivity index (χ2v) is 4.89. The number of hydrogen-bond acceptors (Lipinski definition) is 1. The van der Waals surface area contributed by atoms with Crippen molar-refractivity contribution in [1.29, 1.82) is 0 Å². The molecule has 86 valence electrons. The molecule has 0 spiro atoms. The molecule has 0 heterocycles. The molecule has 2 aromatic rings. The zero-order valence-corrected chi connectivity index (χ0v) is 10.7. The molecule has 0 aromatic heterocycles. The third-order valence-electron chi connectivity index (χ3n) is 3.93. The molecular weight excluding hydrogens is 196 g/mol. The van der Waals surface area contributed by atoms with E-state index in [2.05, 4.69) is 27.7 Å². The lowest BCUT2D eigenvalue weighted by atomic mass is 9.95. The summed E-state index contributed by atoms with van der Waals surface area (Å²) < 4.78 is 0. The zero-order valence-electron chi connectivity index (χ0n) is 10.7. The Morgan fingerprint density at radius 3 is 2.19 bits per heavy atom. The van der Waals surface area contributed by atoms with Crippen molar-refractivity contribution >= 4 is 10.8 Å². The van der Waals surface area contributed by atoms with Gasteiger partial charge in [0.1, 0.15) is 0 Å². The van der Waals surface area contributed by atoms with Crippen LogP contribution in [-0.4, -0.2) is 0 Å². The van der Waals surface area contributed by atoms with Gasteiger partial charge in [-0.3, -0.25) is 4.79 Å². The quantitative estimate of drug-likeness (QED) is 0.712. The molecule has 0 saturated heterocycles. The molecule has 16 heavy (non-hydrogen) atoms. The Morgan fingerprint density at radius 1 is 0.875 bits per heavy atom. The van der Waals surface area contributed by atoms with Gasteiger partial charge in [-0.25, -0.2) is 0 Å². The van der Waals surface area contributed by atoms with E-state index >= 15 is 0 Å². The average molecular weight is 216 g/mol. The predicted octanol–water partition coefficient (Wildman–Crippen LogP) is 3.73. The van der Waals surface area contributed by atoms with Crippen LogP contribution in [0.25, 0.3) is 10.8 Å². The third-order valence-corrected chi connectivity index (χ3v) is 3.93. The van der Waals surface area contributed by atoms with E-state index in [1.165, 1.54) is 41.5 Å². The summed E-state index contributed by atoms with van der Waals surface area (Å²) in [5.41, 5.74) is 5.50. The zero-order chi connectivity index (χ0) is 11.9. The molecule has 0 unspecified atom stereocenters. The summed E-state index contributed by atoms with van der Waals surface area (Å²) >= 11 is 0. The van der Waals surface area contributed by atoms with Crippen molar-refractivity contribution < 1.29 is 0 Å². The summed E-state index contributed by atoms with van der Waals surface area (Å²) in [5.74, 6) is 0. The second-order valence-electron chi connectivity index (χ2n) is 4.89. The van der Waals surface area contributed by atoms with E-state index in [0.717, 1.165) is 17.2 Å². The fourth-order valence-corrected chi connectivity index (χ4v) is 2.56. The molecule has 2 aromatic carbocycles. The normalized spacial score (nSPS) is 11.8. The number of rotatable bonds is 4. The Morgan fingerprint density at radius 2 is 1.56 bits per heavy atom. The summed E-state index contributed by atoms with van der Waals surface area (Å²) in [7, 11) is 0. The Balaban J connectivity index is 2.40. The lowest BCUT2D eigenvalue weighted by Crippen LogP contribution is -1.93. The minimum absolute atomic E-state index is 0.306. The maximum Gasteiger partial charge on any atom is 0.195 e. The maximum absolute atomic E-state index is 11.7. The molecule has 0 aliphatic carbocycles. The molecule has 0 fully saturated rings. The highest BCUT2D eigenvalue weighted by Gasteiger charge is 2.22. The first-order valence-electron chi connectivity index (χ1n) is 6.26. The first-order chi connectivity index (χ1) is 7.59. The fraction of sp³-hybridized carbons (Fsp3) is 0.533. The topological polar surface area (TPSA) is 17.1 Å². The number of hydrogen-bond donors (Lipinski definition) is 0. The second kappa shape index (κ2) is 4.04. The van der Waals surface area contributed by atoms with Crippen molar-refractivity contribution in [2.75, 3.05) is 0 Å². The third kappa shape index (κ3) is 1.59. The number of fused-ring (bicyclic) bond motifs is 1. The van der Waals surface area contributed by atoms with Gasteiger partial charge in [-0.05, 0) is 55.9 Å². The van der Waals surface area contributed by atoms with Crippen LogP contribution in [0.4, 0.5) is 0 Å².